The lowest BCUT2D eigenvalue weighted by molar-refractivity contribution is 0.0982. The molecule has 136 valence electrons. The molecule has 3 aromatic rings. The first-order valence-corrected chi connectivity index (χ1v) is 10.8. The van der Waals surface area contributed by atoms with E-state index in [1.807, 2.05) is 24.3 Å². The lowest BCUT2D eigenvalue weighted by Gasteiger charge is -2.09. The summed E-state index contributed by atoms with van der Waals surface area (Å²) in [5.41, 5.74) is 1.77. The van der Waals surface area contributed by atoms with Crippen molar-refractivity contribution in [1.29, 1.82) is 5.26 Å². The van der Waals surface area contributed by atoms with Gasteiger partial charge in [0.25, 0.3) is 5.91 Å². The molecule has 4 nitrogen and oxygen atoms in total. The predicted octanol–water partition coefficient (Wildman–Crippen LogP) is 5.49. The molecule has 1 amide bonds. The number of thiophene rings is 2. The van der Waals surface area contributed by atoms with E-state index in [2.05, 4.69) is 16.7 Å². The minimum atomic E-state index is -0.349. The molecule has 0 aliphatic heterocycles. The van der Waals surface area contributed by atoms with Crippen LogP contribution in [0, 0.1) is 11.3 Å². The van der Waals surface area contributed by atoms with Crippen LogP contribution in [0.3, 0.4) is 0 Å². The Bertz CT molecular complexity index is 1110. The molecule has 1 aliphatic carbocycles. The van der Waals surface area contributed by atoms with Gasteiger partial charge in [0.1, 0.15) is 15.9 Å². The van der Waals surface area contributed by atoms with E-state index >= 15 is 0 Å². The van der Waals surface area contributed by atoms with Crippen LogP contribution in [0.1, 0.15) is 38.5 Å². The second kappa shape index (κ2) is 7.56. The summed E-state index contributed by atoms with van der Waals surface area (Å²) in [5.74, 6) is -0.349. The standard InChI is InChI=1S/C19H14ClN3OS3/c20-15-11-6-2-4-8-14(11)26-16(15)17(24)22-19(25)23-18-12(9-21)10-5-1-3-7-13(10)27-18/h2,4,6,8H,1,3,5,7H2,(H2,22,23,24,25). The molecule has 0 bridgehead atoms. The number of benzene rings is 1. The van der Waals surface area contributed by atoms with Gasteiger partial charge < -0.3 is 5.32 Å². The Morgan fingerprint density at radius 1 is 1.22 bits per heavy atom. The average Bonchev–Trinajstić information content (AvgIpc) is 3.19. The number of nitrogens with zero attached hydrogens (tertiary/aromatic N) is 1. The number of rotatable bonds is 2. The zero-order valence-electron chi connectivity index (χ0n) is 14.1. The van der Waals surface area contributed by atoms with Gasteiger partial charge in [-0.25, -0.2) is 0 Å². The summed E-state index contributed by atoms with van der Waals surface area (Å²) in [6, 6.07) is 9.88. The lowest BCUT2D eigenvalue weighted by atomic mass is 9.96. The Labute approximate surface area is 174 Å². The highest BCUT2D eigenvalue weighted by atomic mass is 35.5. The number of carbonyl (C=O) groups is 1. The number of nitrogens with one attached hydrogen (secondary N) is 2. The van der Waals surface area contributed by atoms with Gasteiger partial charge in [-0.2, -0.15) is 5.26 Å². The van der Waals surface area contributed by atoms with Gasteiger partial charge in [-0.3, -0.25) is 10.1 Å². The second-order valence-corrected chi connectivity index (χ2v) is 9.12. The van der Waals surface area contributed by atoms with E-state index in [4.69, 9.17) is 23.8 Å². The van der Waals surface area contributed by atoms with E-state index in [1.54, 1.807) is 11.3 Å². The Hall–Kier alpha value is -1.98. The third kappa shape index (κ3) is 3.46. The average molecular weight is 432 g/mol. The van der Waals surface area contributed by atoms with Crippen molar-refractivity contribution in [3.63, 3.8) is 0 Å². The molecule has 0 spiro atoms. The molecule has 1 aromatic carbocycles. The highest BCUT2D eigenvalue weighted by molar-refractivity contribution is 7.80. The monoisotopic (exact) mass is 431 g/mol. The van der Waals surface area contributed by atoms with Crippen LogP contribution in [-0.4, -0.2) is 11.0 Å². The highest BCUT2D eigenvalue weighted by Gasteiger charge is 2.22. The number of fused-ring (bicyclic) bond motifs is 2. The molecule has 0 radical (unpaired) electrons. The van der Waals surface area contributed by atoms with Crippen molar-refractivity contribution in [1.82, 2.24) is 5.32 Å². The van der Waals surface area contributed by atoms with E-state index in [1.165, 1.54) is 16.2 Å². The number of nitriles is 1. The largest absolute Gasteiger partial charge is 0.323 e. The van der Waals surface area contributed by atoms with E-state index in [-0.39, 0.29) is 11.0 Å². The molecule has 0 atom stereocenters. The maximum Gasteiger partial charge on any atom is 0.269 e. The van der Waals surface area contributed by atoms with Crippen LogP contribution in [-0.2, 0) is 12.8 Å². The molecule has 2 heterocycles. The highest BCUT2D eigenvalue weighted by Crippen LogP contribution is 2.38. The first kappa shape index (κ1) is 18.4. The van der Waals surface area contributed by atoms with Gasteiger partial charge in [0.2, 0.25) is 0 Å². The molecule has 1 aliphatic rings. The van der Waals surface area contributed by atoms with Crippen LogP contribution in [0.5, 0.6) is 0 Å². The van der Waals surface area contributed by atoms with E-state index in [0.29, 0.717) is 20.5 Å². The number of hydrogen-bond donors (Lipinski definition) is 2. The molecular formula is C19H14ClN3OS3. The minimum absolute atomic E-state index is 0.170. The van der Waals surface area contributed by atoms with Crippen LogP contribution in [0.25, 0.3) is 10.1 Å². The molecule has 0 saturated heterocycles. The maximum absolute atomic E-state index is 12.6. The first-order valence-electron chi connectivity index (χ1n) is 8.42. The van der Waals surface area contributed by atoms with E-state index < -0.39 is 0 Å². The van der Waals surface area contributed by atoms with Crippen LogP contribution in [0.2, 0.25) is 5.02 Å². The Balaban J connectivity index is 1.53. The second-order valence-electron chi connectivity index (χ2n) is 6.18. The zero-order chi connectivity index (χ0) is 19.0. The molecule has 4 rings (SSSR count). The summed E-state index contributed by atoms with van der Waals surface area (Å²) in [6.07, 6.45) is 4.16. The lowest BCUT2D eigenvalue weighted by Crippen LogP contribution is -2.33. The Morgan fingerprint density at radius 2 is 2.00 bits per heavy atom. The number of anilines is 1. The number of carbonyl (C=O) groups excluding carboxylic acids is 1. The van der Waals surface area contributed by atoms with E-state index in [0.717, 1.165) is 41.3 Å². The Kier molecular flexibility index (Phi) is 5.15. The van der Waals surface area contributed by atoms with Crippen molar-refractivity contribution in [3.05, 3.63) is 50.2 Å². The predicted molar refractivity (Wildman–Crippen MR) is 116 cm³/mol. The van der Waals surface area contributed by atoms with Gasteiger partial charge in [0, 0.05) is 15.0 Å². The van der Waals surface area contributed by atoms with Gasteiger partial charge in [0.05, 0.1) is 10.6 Å². The molecule has 2 aromatic heterocycles. The Morgan fingerprint density at radius 3 is 2.78 bits per heavy atom. The van der Waals surface area contributed by atoms with Crippen molar-refractivity contribution >= 4 is 72.6 Å². The smallest absolute Gasteiger partial charge is 0.269 e. The third-order valence-electron chi connectivity index (χ3n) is 4.48. The van der Waals surface area contributed by atoms with Crippen molar-refractivity contribution in [3.8, 4) is 6.07 Å². The fraction of sp³-hybridized carbons (Fsp3) is 0.211. The number of halogens is 1. The fourth-order valence-corrected chi connectivity index (χ4v) is 6.14. The van der Waals surface area contributed by atoms with E-state index in [9.17, 15) is 10.1 Å². The number of aryl methyl sites for hydroxylation is 1. The summed E-state index contributed by atoms with van der Waals surface area (Å²) in [7, 11) is 0. The van der Waals surface area contributed by atoms with Crippen LogP contribution in [0.15, 0.2) is 24.3 Å². The quantitative estimate of drug-likeness (QED) is 0.526. The zero-order valence-corrected chi connectivity index (χ0v) is 17.3. The molecule has 0 fully saturated rings. The SMILES string of the molecule is N#Cc1c(NC(=S)NC(=O)c2sc3ccccc3c2Cl)sc2c1CCCC2. The molecule has 27 heavy (non-hydrogen) atoms. The molecule has 0 unspecified atom stereocenters. The van der Waals surface area contributed by atoms with Crippen molar-refractivity contribution in [2.75, 3.05) is 5.32 Å². The minimum Gasteiger partial charge on any atom is -0.323 e. The van der Waals surface area contributed by atoms with Gasteiger partial charge in [0.15, 0.2) is 5.11 Å². The summed E-state index contributed by atoms with van der Waals surface area (Å²) in [5, 5.41) is 17.4. The summed E-state index contributed by atoms with van der Waals surface area (Å²) in [6.45, 7) is 0. The van der Waals surface area contributed by atoms with Gasteiger partial charge >= 0.3 is 0 Å². The van der Waals surface area contributed by atoms with Gasteiger partial charge in [-0.1, -0.05) is 29.8 Å². The molecule has 2 N–H and O–H groups in total. The summed E-state index contributed by atoms with van der Waals surface area (Å²) >= 11 is 14.5. The number of amides is 1. The summed E-state index contributed by atoms with van der Waals surface area (Å²) < 4.78 is 0.948. The fourth-order valence-electron chi connectivity index (χ4n) is 3.23. The van der Waals surface area contributed by atoms with Crippen molar-refractivity contribution in [2.45, 2.75) is 25.7 Å². The molecule has 8 heteroatoms. The third-order valence-corrected chi connectivity index (χ3v) is 7.56. The molecule has 0 saturated carbocycles. The topological polar surface area (TPSA) is 64.9 Å². The van der Waals surface area contributed by atoms with Crippen LogP contribution < -0.4 is 10.6 Å². The van der Waals surface area contributed by atoms with Gasteiger partial charge in [-0.15, -0.1) is 22.7 Å². The van der Waals surface area contributed by atoms with Crippen LogP contribution >= 0.6 is 46.5 Å². The first-order chi connectivity index (χ1) is 13.1. The normalized spacial score (nSPS) is 13.0. The van der Waals surface area contributed by atoms with Gasteiger partial charge in [-0.05, 0) is 49.5 Å². The number of hydrogen-bond acceptors (Lipinski definition) is 5. The maximum atomic E-state index is 12.6. The molecular weight excluding hydrogens is 418 g/mol. The van der Waals surface area contributed by atoms with Crippen molar-refractivity contribution < 1.29 is 4.79 Å². The number of thiocarbonyl (C=S) groups is 1. The summed E-state index contributed by atoms with van der Waals surface area (Å²) in [4.78, 5) is 14.3. The van der Waals surface area contributed by atoms with Crippen molar-refractivity contribution in [2.24, 2.45) is 0 Å². The van der Waals surface area contributed by atoms with Crippen LogP contribution in [0.4, 0.5) is 5.00 Å².